The zero-order valence-electron chi connectivity index (χ0n) is 9.79. The summed E-state index contributed by atoms with van der Waals surface area (Å²) >= 11 is 0. The van der Waals surface area contributed by atoms with Gasteiger partial charge < -0.3 is 9.64 Å². The van der Waals surface area contributed by atoms with E-state index >= 15 is 0 Å². The Morgan fingerprint density at radius 3 is 2.78 bits per heavy atom. The van der Waals surface area contributed by atoms with Crippen LogP contribution in [0.5, 0.6) is 0 Å². The van der Waals surface area contributed by atoms with Crippen LogP contribution >= 0.6 is 0 Å². The maximum absolute atomic E-state index is 12.1. The summed E-state index contributed by atoms with van der Waals surface area (Å²) in [5.74, 6) is -0.212. The Balaban J connectivity index is 2.05. The standard InChI is InChI=1S/C12H11N3O3/c1-14-9-5-3-2-4-8(9)10(11(14)16)13-15-6-7-18-12(15)17/h2-5H,6-7H2,1H3. The van der Waals surface area contributed by atoms with Gasteiger partial charge in [0.15, 0.2) is 5.71 Å². The first-order chi connectivity index (χ1) is 8.68. The van der Waals surface area contributed by atoms with Crippen LogP contribution < -0.4 is 4.90 Å². The van der Waals surface area contributed by atoms with Crippen LogP contribution in [0.25, 0.3) is 0 Å². The van der Waals surface area contributed by atoms with Crippen LogP contribution in [-0.4, -0.2) is 42.9 Å². The number of hydrogen-bond donors (Lipinski definition) is 0. The van der Waals surface area contributed by atoms with E-state index in [1.165, 1.54) is 9.91 Å². The molecule has 1 aromatic rings. The summed E-state index contributed by atoms with van der Waals surface area (Å²) in [6.45, 7) is 0.683. The molecule has 1 fully saturated rings. The van der Waals surface area contributed by atoms with E-state index in [1.54, 1.807) is 7.05 Å². The van der Waals surface area contributed by atoms with Crippen LogP contribution in [0.15, 0.2) is 29.4 Å². The number of cyclic esters (lactones) is 1. The molecule has 0 unspecified atom stereocenters. The largest absolute Gasteiger partial charge is 0.446 e. The third-order valence-corrected chi connectivity index (χ3v) is 2.99. The summed E-state index contributed by atoms with van der Waals surface area (Å²) in [5.41, 5.74) is 1.82. The fourth-order valence-electron chi connectivity index (χ4n) is 2.04. The number of carbonyl (C=O) groups is 2. The number of anilines is 1. The highest BCUT2D eigenvalue weighted by Gasteiger charge is 2.33. The summed E-state index contributed by atoms with van der Waals surface area (Å²) in [5, 5.41) is 5.30. The van der Waals surface area contributed by atoms with Gasteiger partial charge in [-0.15, -0.1) is 0 Å². The average molecular weight is 245 g/mol. The third-order valence-electron chi connectivity index (χ3n) is 2.99. The average Bonchev–Trinajstić information content (AvgIpc) is 2.88. The number of amides is 2. The molecule has 92 valence electrons. The number of para-hydroxylation sites is 1. The monoisotopic (exact) mass is 245 g/mol. The van der Waals surface area contributed by atoms with Crippen molar-refractivity contribution >= 4 is 23.4 Å². The first-order valence-corrected chi connectivity index (χ1v) is 5.59. The van der Waals surface area contributed by atoms with Gasteiger partial charge in [-0.2, -0.15) is 10.1 Å². The van der Waals surface area contributed by atoms with Crippen LogP contribution in [0.4, 0.5) is 10.5 Å². The van der Waals surface area contributed by atoms with E-state index in [0.29, 0.717) is 13.2 Å². The molecule has 0 aliphatic carbocycles. The number of rotatable bonds is 1. The number of ether oxygens (including phenoxy) is 1. The second-order valence-electron chi connectivity index (χ2n) is 4.07. The number of nitrogens with zero attached hydrogens (tertiary/aromatic N) is 3. The summed E-state index contributed by atoms with van der Waals surface area (Å²) in [4.78, 5) is 24.9. The molecule has 2 amide bonds. The molecule has 1 saturated heterocycles. The Kier molecular flexibility index (Phi) is 2.29. The molecular formula is C12H11N3O3. The number of fused-ring (bicyclic) bond motifs is 1. The van der Waals surface area contributed by atoms with Crippen molar-refractivity contribution in [3.63, 3.8) is 0 Å². The number of carbonyl (C=O) groups excluding carboxylic acids is 2. The van der Waals surface area contributed by atoms with E-state index in [4.69, 9.17) is 4.74 Å². The van der Waals surface area contributed by atoms with Gasteiger partial charge in [0.05, 0.1) is 12.2 Å². The summed E-state index contributed by atoms with van der Waals surface area (Å²) in [6.07, 6.45) is -0.512. The Morgan fingerprint density at radius 1 is 1.28 bits per heavy atom. The van der Waals surface area contributed by atoms with Crippen LogP contribution in [-0.2, 0) is 9.53 Å². The molecule has 18 heavy (non-hydrogen) atoms. The van der Waals surface area contributed by atoms with Crippen LogP contribution in [0.2, 0.25) is 0 Å². The van der Waals surface area contributed by atoms with Gasteiger partial charge >= 0.3 is 6.09 Å². The van der Waals surface area contributed by atoms with Crippen molar-refractivity contribution in [2.45, 2.75) is 0 Å². The van der Waals surface area contributed by atoms with Gasteiger partial charge in [-0.05, 0) is 6.07 Å². The van der Waals surface area contributed by atoms with Crippen LogP contribution in [0.3, 0.4) is 0 Å². The molecule has 2 heterocycles. The molecule has 3 rings (SSSR count). The first kappa shape index (κ1) is 10.8. The number of hydrazone groups is 1. The molecule has 1 aromatic carbocycles. The van der Waals surface area contributed by atoms with Gasteiger partial charge in [0.1, 0.15) is 6.61 Å². The highest BCUT2D eigenvalue weighted by molar-refractivity contribution is 6.54. The zero-order chi connectivity index (χ0) is 12.7. The lowest BCUT2D eigenvalue weighted by molar-refractivity contribution is -0.112. The number of hydrogen-bond acceptors (Lipinski definition) is 4. The molecule has 0 atom stereocenters. The normalized spacial score (nSPS) is 20.6. The van der Waals surface area contributed by atoms with Crippen molar-refractivity contribution in [1.29, 1.82) is 0 Å². The van der Waals surface area contributed by atoms with E-state index in [2.05, 4.69) is 5.10 Å². The van der Waals surface area contributed by atoms with Crippen molar-refractivity contribution in [2.24, 2.45) is 5.10 Å². The van der Waals surface area contributed by atoms with E-state index in [0.717, 1.165) is 11.3 Å². The zero-order valence-corrected chi connectivity index (χ0v) is 9.79. The predicted octanol–water partition coefficient (Wildman–Crippen LogP) is 0.819. The second-order valence-corrected chi connectivity index (χ2v) is 4.07. The van der Waals surface area contributed by atoms with Crippen molar-refractivity contribution < 1.29 is 14.3 Å². The molecule has 0 radical (unpaired) electrons. The van der Waals surface area contributed by atoms with Crippen molar-refractivity contribution in [1.82, 2.24) is 5.01 Å². The summed E-state index contributed by atoms with van der Waals surface area (Å²) in [7, 11) is 1.69. The molecule has 0 N–H and O–H groups in total. The lowest BCUT2D eigenvalue weighted by atomic mass is 10.1. The van der Waals surface area contributed by atoms with Gasteiger partial charge in [0.25, 0.3) is 5.91 Å². The Morgan fingerprint density at radius 2 is 2.06 bits per heavy atom. The topological polar surface area (TPSA) is 62.2 Å². The minimum atomic E-state index is -0.512. The molecule has 6 heteroatoms. The van der Waals surface area contributed by atoms with Crippen LogP contribution in [0, 0.1) is 0 Å². The van der Waals surface area contributed by atoms with Gasteiger partial charge in [-0.25, -0.2) is 4.79 Å². The van der Waals surface area contributed by atoms with E-state index in [-0.39, 0.29) is 11.6 Å². The molecular weight excluding hydrogens is 234 g/mol. The molecule has 2 aliphatic rings. The molecule has 2 aliphatic heterocycles. The highest BCUT2D eigenvalue weighted by Crippen LogP contribution is 2.28. The summed E-state index contributed by atoms with van der Waals surface area (Å²) < 4.78 is 4.78. The van der Waals surface area contributed by atoms with Crippen LogP contribution in [0.1, 0.15) is 5.56 Å². The maximum atomic E-state index is 12.1. The van der Waals surface area contributed by atoms with Gasteiger partial charge in [0, 0.05) is 12.6 Å². The quantitative estimate of drug-likeness (QED) is 0.735. The highest BCUT2D eigenvalue weighted by atomic mass is 16.6. The fourth-order valence-corrected chi connectivity index (χ4v) is 2.04. The minimum Gasteiger partial charge on any atom is -0.446 e. The van der Waals surface area contributed by atoms with Crippen molar-refractivity contribution in [3.05, 3.63) is 29.8 Å². The molecule has 6 nitrogen and oxygen atoms in total. The van der Waals surface area contributed by atoms with Crippen molar-refractivity contribution in [2.75, 3.05) is 25.1 Å². The lowest BCUT2D eigenvalue weighted by Gasteiger charge is -2.08. The fraction of sp³-hybridized carbons (Fsp3) is 0.250. The first-order valence-electron chi connectivity index (χ1n) is 5.59. The second kappa shape index (κ2) is 3.83. The van der Waals surface area contributed by atoms with Gasteiger partial charge in [-0.3, -0.25) is 4.79 Å². The minimum absolute atomic E-state index is 0.212. The molecule has 0 aromatic heterocycles. The summed E-state index contributed by atoms with van der Waals surface area (Å²) in [6, 6.07) is 7.35. The van der Waals surface area contributed by atoms with E-state index < -0.39 is 6.09 Å². The van der Waals surface area contributed by atoms with E-state index in [1.807, 2.05) is 24.3 Å². The predicted molar refractivity (Wildman–Crippen MR) is 64.4 cm³/mol. The molecule has 0 spiro atoms. The Hall–Kier alpha value is -2.37. The van der Waals surface area contributed by atoms with E-state index in [9.17, 15) is 9.59 Å². The third kappa shape index (κ3) is 1.46. The van der Waals surface area contributed by atoms with Gasteiger partial charge in [0.2, 0.25) is 0 Å². The Bertz CT molecular complexity index is 567. The molecule has 0 saturated carbocycles. The Labute approximate surface area is 103 Å². The number of likely N-dealkylation sites (N-methyl/N-ethyl adjacent to an activating group) is 1. The van der Waals surface area contributed by atoms with Crippen molar-refractivity contribution in [3.8, 4) is 0 Å². The van der Waals surface area contributed by atoms with Gasteiger partial charge in [-0.1, -0.05) is 18.2 Å². The smallest absolute Gasteiger partial charge is 0.430 e. The number of benzene rings is 1. The SMILES string of the molecule is CN1C(=O)C(=NN2CCOC2=O)c2ccccc21. The lowest BCUT2D eigenvalue weighted by Crippen LogP contribution is -2.28. The maximum Gasteiger partial charge on any atom is 0.430 e. The molecule has 0 bridgehead atoms.